The minimum absolute atomic E-state index is 0.0379. The summed E-state index contributed by atoms with van der Waals surface area (Å²) in [7, 11) is -0.486. The van der Waals surface area contributed by atoms with Crippen LogP contribution < -0.4 is 5.32 Å². The number of nitrogens with zero attached hydrogens (tertiary/aromatic N) is 1. The maximum Gasteiger partial charge on any atom is 0.239 e. The van der Waals surface area contributed by atoms with E-state index in [4.69, 9.17) is 13.9 Å². The average Bonchev–Trinajstić information content (AvgIpc) is 2.74. The molecule has 0 spiro atoms. The molecule has 0 bridgehead atoms. The number of amides is 1. The highest BCUT2D eigenvalue weighted by Crippen LogP contribution is 2.44. The molecule has 0 saturated carbocycles. The first-order chi connectivity index (χ1) is 16.0. The predicted octanol–water partition coefficient (Wildman–Crippen LogP) is 3.71. The standard InChI is InChI=1S/C27H46N2O5Si/c1-25(2,3)35(9,10)32-17-19-22-23(34-27(6,7)26(4,5)33-22)21(30)20(24(31)28-8)29(19)16-18-14-12-11-13-15-18/h11-15,19-23,30H,16-17H2,1-10H3,(H,28,31)/t19-,20+,21-,22-,23-/m1/s1. The third-order valence-corrected chi connectivity index (χ3v) is 13.1. The first kappa shape index (κ1) is 28.3. The number of nitrogens with one attached hydrogen (secondary N) is 1. The van der Waals surface area contributed by atoms with Crippen molar-refractivity contribution in [2.24, 2.45) is 0 Å². The molecule has 1 aromatic carbocycles. The van der Waals surface area contributed by atoms with E-state index >= 15 is 0 Å². The van der Waals surface area contributed by atoms with Gasteiger partial charge in [-0.3, -0.25) is 9.69 Å². The molecule has 2 aliphatic heterocycles. The van der Waals surface area contributed by atoms with E-state index in [2.05, 4.69) is 44.1 Å². The quantitative estimate of drug-likeness (QED) is 0.573. The van der Waals surface area contributed by atoms with Crippen LogP contribution in [0.5, 0.6) is 0 Å². The van der Waals surface area contributed by atoms with Crippen LogP contribution in [0.1, 0.15) is 54.0 Å². The predicted molar refractivity (Wildman–Crippen MR) is 141 cm³/mol. The number of fused-ring (bicyclic) bond motifs is 1. The Bertz CT molecular complexity index is 883. The number of likely N-dealkylation sites (tertiary alicyclic amines) is 1. The molecule has 2 aliphatic rings. The molecule has 1 amide bonds. The van der Waals surface area contributed by atoms with Gasteiger partial charge in [0.05, 0.1) is 23.9 Å². The highest BCUT2D eigenvalue weighted by Gasteiger charge is 2.60. The van der Waals surface area contributed by atoms with Gasteiger partial charge in [0.1, 0.15) is 24.4 Å². The van der Waals surface area contributed by atoms with E-state index in [1.165, 1.54) is 0 Å². The van der Waals surface area contributed by atoms with Gasteiger partial charge in [0.25, 0.3) is 0 Å². The normalized spacial score (nSPS) is 31.0. The van der Waals surface area contributed by atoms with E-state index in [1.54, 1.807) is 7.05 Å². The van der Waals surface area contributed by atoms with E-state index in [0.717, 1.165) is 5.56 Å². The molecule has 0 aliphatic carbocycles. The number of piperidine rings is 1. The summed E-state index contributed by atoms with van der Waals surface area (Å²) in [6, 6.07) is 8.94. The van der Waals surface area contributed by atoms with Crippen molar-refractivity contribution in [2.75, 3.05) is 13.7 Å². The van der Waals surface area contributed by atoms with Crippen LogP contribution in [0.3, 0.4) is 0 Å². The largest absolute Gasteiger partial charge is 0.415 e. The summed E-state index contributed by atoms with van der Waals surface area (Å²) in [6.07, 6.45) is -2.16. The zero-order valence-electron chi connectivity index (χ0n) is 23.2. The Labute approximate surface area is 212 Å². The SMILES string of the molecule is CNC(=O)[C@@H]1[C@@H](O)[C@H]2OC(C)(C)C(C)(C)O[C@@H]2[C@@H](CO[Si](C)(C)C(C)(C)C)N1Cc1ccccc1. The Morgan fingerprint density at radius 1 is 1.09 bits per heavy atom. The van der Waals surface area contributed by atoms with Gasteiger partial charge in [-0.25, -0.2) is 0 Å². The summed E-state index contributed by atoms with van der Waals surface area (Å²) in [5.41, 5.74) is -0.184. The van der Waals surface area contributed by atoms with Crippen LogP contribution in [0.4, 0.5) is 0 Å². The van der Waals surface area contributed by atoms with Crippen molar-refractivity contribution < 1.29 is 23.8 Å². The number of aliphatic hydroxyl groups is 1. The van der Waals surface area contributed by atoms with Gasteiger partial charge in [-0.15, -0.1) is 0 Å². The van der Waals surface area contributed by atoms with Crippen LogP contribution in [0.25, 0.3) is 0 Å². The molecule has 0 unspecified atom stereocenters. The Balaban J connectivity index is 2.07. The summed E-state index contributed by atoms with van der Waals surface area (Å²) < 4.78 is 20.0. The summed E-state index contributed by atoms with van der Waals surface area (Å²) in [4.78, 5) is 15.3. The third kappa shape index (κ3) is 5.53. The molecule has 35 heavy (non-hydrogen) atoms. The zero-order chi connectivity index (χ0) is 26.4. The molecule has 2 fully saturated rings. The summed E-state index contributed by atoms with van der Waals surface area (Å²) >= 11 is 0. The van der Waals surface area contributed by atoms with Gasteiger partial charge < -0.3 is 24.3 Å². The monoisotopic (exact) mass is 506 g/mol. The third-order valence-electron chi connectivity index (χ3n) is 8.60. The van der Waals surface area contributed by atoms with Gasteiger partial charge in [-0.1, -0.05) is 51.1 Å². The fourth-order valence-electron chi connectivity index (χ4n) is 4.59. The molecular formula is C27H46N2O5Si. The van der Waals surface area contributed by atoms with Crippen molar-refractivity contribution in [3.8, 4) is 0 Å². The molecule has 5 atom stereocenters. The number of carbonyl (C=O) groups is 1. The Morgan fingerprint density at radius 2 is 1.63 bits per heavy atom. The fourth-order valence-corrected chi connectivity index (χ4v) is 5.62. The lowest BCUT2D eigenvalue weighted by molar-refractivity contribution is -0.339. The Hall–Kier alpha value is -1.29. The first-order valence-electron chi connectivity index (χ1n) is 12.7. The number of rotatable bonds is 6. The molecule has 7 nitrogen and oxygen atoms in total. The highest BCUT2D eigenvalue weighted by atomic mass is 28.4. The van der Waals surface area contributed by atoms with Crippen molar-refractivity contribution in [1.29, 1.82) is 0 Å². The number of likely N-dealkylation sites (N-methyl/N-ethyl adjacent to an activating group) is 1. The highest BCUT2D eigenvalue weighted by molar-refractivity contribution is 6.74. The zero-order valence-corrected chi connectivity index (χ0v) is 24.2. The summed E-state index contributed by atoms with van der Waals surface area (Å²) in [6.45, 7) is 20.0. The molecular weight excluding hydrogens is 460 g/mol. The number of hydrogen-bond acceptors (Lipinski definition) is 6. The smallest absolute Gasteiger partial charge is 0.239 e. The number of aliphatic hydroxyl groups excluding tert-OH is 1. The van der Waals surface area contributed by atoms with Gasteiger partial charge in [0.2, 0.25) is 5.91 Å². The summed E-state index contributed by atoms with van der Waals surface area (Å²) in [5, 5.41) is 14.4. The van der Waals surface area contributed by atoms with E-state index < -0.39 is 43.9 Å². The van der Waals surface area contributed by atoms with Crippen molar-refractivity contribution in [2.45, 2.75) is 115 Å². The van der Waals surface area contributed by atoms with E-state index in [1.807, 2.05) is 58.0 Å². The molecule has 2 N–H and O–H groups in total. The minimum atomic E-state index is -2.09. The maximum atomic E-state index is 13.2. The topological polar surface area (TPSA) is 80.3 Å². The Morgan fingerprint density at radius 3 is 2.14 bits per heavy atom. The molecule has 2 saturated heterocycles. The van der Waals surface area contributed by atoms with Crippen molar-refractivity contribution >= 4 is 14.2 Å². The molecule has 1 aromatic rings. The molecule has 198 valence electrons. The number of ether oxygens (including phenoxy) is 2. The van der Waals surface area contributed by atoms with Gasteiger partial charge in [0, 0.05) is 13.6 Å². The summed E-state index contributed by atoms with van der Waals surface area (Å²) in [5.74, 6) is -0.240. The molecule has 0 radical (unpaired) electrons. The lowest BCUT2D eigenvalue weighted by atomic mass is 9.80. The molecule has 8 heteroatoms. The first-order valence-corrected chi connectivity index (χ1v) is 15.6. The van der Waals surface area contributed by atoms with Gasteiger partial charge in [-0.2, -0.15) is 0 Å². The van der Waals surface area contributed by atoms with Crippen molar-refractivity contribution in [3.63, 3.8) is 0 Å². The Kier molecular flexibility index (Phi) is 7.98. The van der Waals surface area contributed by atoms with Crippen LogP contribution >= 0.6 is 0 Å². The minimum Gasteiger partial charge on any atom is -0.415 e. The second kappa shape index (κ2) is 9.87. The van der Waals surface area contributed by atoms with Crippen LogP contribution in [-0.2, 0) is 25.2 Å². The lowest BCUT2D eigenvalue weighted by Crippen LogP contribution is -2.76. The van der Waals surface area contributed by atoms with Crippen molar-refractivity contribution in [1.82, 2.24) is 10.2 Å². The lowest BCUT2D eigenvalue weighted by Gasteiger charge is -2.60. The number of hydrogen-bond donors (Lipinski definition) is 2. The average molecular weight is 507 g/mol. The van der Waals surface area contributed by atoms with E-state index in [9.17, 15) is 9.90 Å². The number of carbonyl (C=O) groups excluding carboxylic acids is 1. The van der Waals surface area contributed by atoms with Crippen LogP contribution in [0.2, 0.25) is 18.1 Å². The second-order valence-electron chi connectivity index (χ2n) is 12.5. The molecule has 3 rings (SSSR count). The van der Waals surface area contributed by atoms with Crippen LogP contribution in [0.15, 0.2) is 30.3 Å². The van der Waals surface area contributed by atoms with Gasteiger partial charge in [0.15, 0.2) is 8.32 Å². The van der Waals surface area contributed by atoms with E-state index in [0.29, 0.717) is 13.2 Å². The molecule has 0 aromatic heterocycles. The van der Waals surface area contributed by atoms with Crippen LogP contribution in [0, 0.1) is 0 Å². The fraction of sp³-hybridized carbons (Fsp3) is 0.741. The van der Waals surface area contributed by atoms with Crippen LogP contribution in [-0.4, -0.2) is 79.5 Å². The van der Waals surface area contributed by atoms with E-state index in [-0.39, 0.29) is 17.0 Å². The van der Waals surface area contributed by atoms with Gasteiger partial charge >= 0.3 is 0 Å². The maximum absolute atomic E-state index is 13.2. The van der Waals surface area contributed by atoms with Gasteiger partial charge in [-0.05, 0) is 51.4 Å². The number of benzene rings is 1. The van der Waals surface area contributed by atoms with Crippen molar-refractivity contribution in [3.05, 3.63) is 35.9 Å². The second-order valence-corrected chi connectivity index (χ2v) is 17.3. The molecule has 2 heterocycles.